The zero-order chi connectivity index (χ0) is 15.5. The Morgan fingerprint density at radius 1 is 1.09 bits per heavy atom. The van der Waals surface area contributed by atoms with Crippen molar-refractivity contribution in [2.24, 2.45) is 0 Å². The number of piperazine rings is 1. The summed E-state index contributed by atoms with van der Waals surface area (Å²) in [5.74, 6) is 0.621. The highest BCUT2D eigenvalue weighted by Crippen LogP contribution is 2.22. The van der Waals surface area contributed by atoms with Gasteiger partial charge in [-0.3, -0.25) is 0 Å². The average Bonchev–Trinajstić information content (AvgIpc) is 2.55. The minimum absolute atomic E-state index is 0.467. The van der Waals surface area contributed by atoms with Crippen molar-refractivity contribution in [1.29, 1.82) is 0 Å². The van der Waals surface area contributed by atoms with Gasteiger partial charge in [0, 0.05) is 49.2 Å². The largest absolute Gasteiger partial charge is 0.465 e. The van der Waals surface area contributed by atoms with Gasteiger partial charge in [0.05, 0.1) is 0 Å². The fourth-order valence-electron chi connectivity index (χ4n) is 2.40. The van der Waals surface area contributed by atoms with E-state index in [9.17, 15) is 4.79 Å². The van der Waals surface area contributed by atoms with E-state index in [2.05, 4.69) is 9.97 Å². The second kappa shape index (κ2) is 6.19. The molecule has 1 aliphatic heterocycles. The Balaban J connectivity index is 1.71. The first-order valence-corrected chi connectivity index (χ1v) is 7.32. The number of aromatic nitrogens is 2. The van der Waals surface area contributed by atoms with E-state index in [0.29, 0.717) is 37.1 Å². The molecule has 1 saturated heterocycles. The molecule has 3 rings (SSSR count). The van der Waals surface area contributed by atoms with Gasteiger partial charge in [0.15, 0.2) is 0 Å². The zero-order valence-electron chi connectivity index (χ0n) is 11.8. The lowest BCUT2D eigenvalue weighted by Gasteiger charge is -2.33. The highest BCUT2D eigenvalue weighted by Gasteiger charge is 2.21. The van der Waals surface area contributed by atoms with Gasteiger partial charge in [0.25, 0.3) is 0 Å². The van der Waals surface area contributed by atoms with Crippen LogP contribution in [0.3, 0.4) is 0 Å². The molecule has 1 amide bonds. The number of hydrogen-bond acceptors (Lipinski definition) is 4. The SMILES string of the molecule is O=C(O)N1CCN(c2ncc(-c3cccc(Cl)c3)cn2)CC1. The number of benzene rings is 1. The number of anilines is 1. The third-order valence-electron chi connectivity index (χ3n) is 3.63. The Bertz CT molecular complexity index is 669. The van der Waals surface area contributed by atoms with Crippen LogP contribution in [-0.4, -0.2) is 52.2 Å². The normalized spacial score (nSPS) is 15.0. The highest BCUT2D eigenvalue weighted by atomic mass is 35.5. The van der Waals surface area contributed by atoms with Crippen LogP contribution in [-0.2, 0) is 0 Å². The number of hydrogen-bond donors (Lipinski definition) is 1. The summed E-state index contributed by atoms with van der Waals surface area (Å²) in [7, 11) is 0. The molecule has 2 aromatic rings. The van der Waals surface area contributed by atoms with E-state index in [0.717, 1.165) is 11.1 Å². The molecular formula is C15H15ClN4O2. The number of carbonyl (C=O) groups is 1. The number of rotatable bonds is 2. The second-order valence-electron chi connectivity index (χ2n) is 5.04. The van der Waals surface area contributed by atoms with Gasteiger partial charge >= 0.3 is 6.09 Å². The zero-order valence-corrected chi connectivity index (χ0v) is 12.6. The van der Waals surface area contributed by atoms with Gasteiger partial charge in [0.1, 0.15) is 0 Å². The van der Waals surface area contributed by atoms with Crippen LogP contribution in [0, 0.1) is 0 Å². The van der Waals surface area contributed by atoms with Crippen molar-refractivity contribution >= 4 is 23.6 Å². The number of nitrogens with zero attached hydrogens (tertiary/aromatic N) is 4. The minimum Gasteiger partial charge on any atom is -0.465 e. The van der Waals surface area contributed by atoms with Crippen LogP contribution in [0.15, 0.2) is 36.7 Å². The maximum absolute atomic E-state index is 10.9. The van der Waals surface area contributed by atoms with Crippen molar-refractivity contribution in [2.75, 3.05) is 31.1 Å². The van der Waals surface area contributed by atoms with Crippen LogP contribution in [0.4, 0.5) is 10.7 Å². The molecule has 0 spiro atoms. The van der Waals surface area contributed by atoms with Gasteiger partial charge < -0.3 is 14.9 Å². The van der Waals surface area contributed by atoms with E-state index in [4.69, 9.17) is 16.7 Å². The average molecular weight is 319 g/mol. The topological polar surface area (TPSA) is 69.6 Å². The van der Waals surface area contributed by atoms with Gasteiger partial charge in [-0.15, -0.1) is 0 Å². The number of carboxylic acid groups (broad SMARTS) is 1. The molecule has 1 aromatic heterocycles. The fraction of sp³-hybridized carbons (Fsp3) is 0.267. The van der Waals surface area contributed by atoms with Crippen molar-refractivity contribution in [2.45, 2.75) is 0 Å². The number of amides is 1. The van der Waals surface area contributed by atoms with E-state index >= 15 is 0 Å². The molecule has 0 radical (unpaired) electrons. The summed E-state index contributed by atoms with van der Waals surface area (Å²) in [5, 5.41) is 9.62. The molecule has 1 aromatic carbocycles. The van der Waals surface area contributed by atoms with Crippen LogP contribution < -0.4 is 4.90 Å². The predicted octanol–water partition coefficient (Wildman–Crippen LogP) is 2.60. The van der Waals surface area contributed by atoms with Crippen LogP contribution in [0.2, 0.25) is 5.02 Å². The summed E-state index contributed by atoms with van der Waals surface area (Å²) in [4.78, 5) is 23.0. The first-order chi connectivity index (χ1) is 10.6. The van der Waals surface area contributed by atoms with Gasteiger partial charge in [-0.1, -0.05) is 23.7 Å². The molecule has 6 nitrogen and oxygen atoms in total. The molecule has 2 heterocycles. The number of halogens is 1. The standard InChI is InChI=1S/C15H15ClN4O2/c16-13-3-1-2-11(8-13)12-9-17-14(18-10-12)19-4-6-20(7-5-19)15(21)22/h1-3,8-10H,4-7H2,(H,21,22). The quantitative estimate of drug-likeness (QED) is 0.921. The maximum Gasteiger partial charge on any atom is 0.407 e. The molecule has 114 valence electrons. The Hall–Kier alpha value is -2.34. The Morgan fingerprint density at radius 3 is 2.36 bits per heavy atom. The van der Waals surface area contributed by atoms with Crippen LogP contribution in [0.5, 0.6) is 0 Å². The summed E-state index contributed by atoms with van der Waals surface area (Å²) >= 11 is 5.99. The van der Waals surface area contributed by atoms with Gasteiger partial charge in [0.2, 0.25) is 5.95 Å². The van der Waals surface area contributed by atoms with E-state index < -0.39 is 6.09 Å². The van der Waals surface area contributed by atoms with Gasteiger partial charge in [-0.2, -0.15) is 0 Å². The lowest BCUT2D eigenvalue weighted by Crippen LogP contribution is -2.48. The van der Waals surface area contributed by atoms with Gasteiger partial charge in [-0.05, 0) is 17.7 Å². The molecule has 0 aliphatic carbocycles. The van der Waals surface area contributed by atoms with E-state index in [1.165, 1.54) is 4.90 Å². The molecule has 1 N–H and O–H groups in total. The van der Waals surface area contributed by atoms with Crippen molar-refractivity contribution in [3.8, 4) is 11.1 Å². The minimum atomic E-state index is -0.878. The summed E-state index contributed by atoms with van der Waals surface area (Å²) in [5.41, 5.74) is 1.87. The third kappa shape index (κ3) is 3.12. The van der Waals surface area contributed by atoms with E-state index in [1.807, 2.05) is 29.2 Å². The molecule has 0 atom stereocenters. The molecule has 0 saturated carbocycles. The third-order valence-corrected chi connectivity index (χ3v) is 3.86. The molecular weight excluding hydrogens is 304 g/mol. The fourth-order valence-corrected chi connectivity index (χ4v) is 2.59. The Labute approximate surface area is 133 Å². The maximum atomic E-state index is 10.9. The predicted molar refractivity (Wildman–Crippen MR) is 84.3 cm³/mol. The monoisotopic (exact) mass is 318 g/mol. The first kappa shape index (κ1) is 14.6. The van der Waals surface area contributed by atoms with Crippen molar-refractivity contribution in [1.82, 2.24) is 14.9 Å². The summed E-state index contributed by atoms with van der Waals surface area (Å²) < 4.78 is 0. The van der Waals surface area contributed by atoms with E-state index in [1.54, 1.807) is 12.4 Å². The second-order valence-corrected chi connectivity index (χ2v) is 5.48. The molecule has 1 fully saturated rings. The van der Waals surface area contributed by atoms with E-state index in [-0.39, 0.29) is 0 Å². The Morgan fingerprint density at radius 2 is 1.77 bits per heavy atom. The molecule has 0 bridgehead atoms. The van der Waals surface area contributed by atoms with Crippen LogP contribution >= 0.6 is 11.6 Å². The molecule has 7 heteroatoms. The Kier molecular flexibility index (Phi) is 4.11. The first-order valence-electron chi connectivity index (χ1n) is 6.94. The summed E-state index contributed by atoms with van der Waals surface area (Å²) in [6, 6.07) is 7.53. The molecule has 0 unspecified atom stereocenters. The lowest BCUT2D eigenvalue weighted by molar-refractivity contribution is 0.142. The highest BCUT2D eigenvalue weighted by molar-refractivity contribution is 6.30. The molecule has 22 heavy (non-hydrogen) atoms. The van der Waals surface area contributed by atoms with Crippen molar-refractivity contribution < 1.29 is 9.90 Å². The van der Waals surface area contributed by atoms with Crippen molar-refractivity contribution in [3.63, 3.8) is 0 Å². The van der Waals surface area contributed by atoms with Crippen molar-refractivity contribution in [3.05, 3.63) is 41.7 Å². The summed E-state index contributed by atoms with van der Waals surface area (Å²) in [6.45, 7) is 2.13. The lowest BCUT2D eigenvalue weighted by atomic mass is 10.1. The smallest absolute Gasteiger partial charge is 0.407 e. The van der Waals surface area contributed by atoms with Crippen LogP contribution in [0.25, 0.3) is 11.1 Å². The van der Waals surface area contributed by atoms with Crippen LogP contribution in [0.1, 0.15) is 0 Å². The summed E-state index contributed by atoms with van der Waals surface area (Å²) in [6.07, 6.45) is 2.65. The van der Waals surface area contributed by atoms with Gasteiger partial charge in [-0.25, -0.2) is 14.8 Å². The molecule has 1 aliphatic rings.